The van der Waals surface area contributed by atoms with Crippen LogP contribution in [0.4, 0.5) is 0 Å². The minimum Gasteiger partial charge on any atom is -0.299 e. The van der Waals surface area contributed by atoms with Crippen LogP contribution in [0.5, 0.6) is 0 Å². The summed E-state index contributed by atoms with van der Waals surface area (Å²) in [7, 11) is 0. The van der Waals surface area contributed by atoms with E-state index < -0.39 is 0 Å². The Bertz CT molecular complexity index is 1540. The Morgan fingerprint density at radius 3 is 2.51 bits per heavy atom. The molecule has 2 atom stereocenters. The van der Waals surface area contributed by atoms with Crippen molar-refractivity contribution < 1.29 is 9.59 Å². The van der Waals surface area contributed by atoms with Gasteiger partial charge in [-0.3, -0.25) is 19.6 Å². The van der Waals surface area contributed by atoms with Crippen molar-refractivity contribution in [3.05, 3.63) is 142 Å². The summed E-state index contributed by atoms with van der Waals surface area (Å²) in [5.41, 5.74) is 7.23. The van der Waals surface area contributed by atoms with E-state index in [9.17, 15) is 9.59 Å². The molecule has 0 spiro atoms. The highest BCUT2D eigenvalue weighted by atomic mass is 16.1. The standard InChI is InChI=1S/C33H26N2O2/c36-32(30-20-29(30)23-8-2-1-3-9-23)18-22-7-6-10-24(17-22)33(37)25-12-14-28-26(19-25)21-35-31(28)15-13-27-11-4-5-16-34-27/h1-17,19,29-30H,18,20-21H2/b15-13+/t29-,30?/m0/s1. The number of carbonyl (C=O) groups excluding carboxylic acids is 2. The molecule has 0 amide bonds. The van der Waals surface area contributed by atoms with Gasteiger partial charge in [0.15, 0.2) is 5.78 Å². The summed E-state index contributed by atoms with van der Waals surface area (Å²) in [4.78, 5) is 35.2. The first-order valence-corrected chi connectivity index (χ1v) is 12.6. The number of ketones is 2. The second-order valence-corrected chi connectivity index (χ2v) is 9.69. The van der Waals surface area contributed by atoms with E-state index in [0.717, 1.165) is 34.5 Å². The van der Waals surface area contributed by atoms with Gasteiger partial charge in [-0.15, -0.1) is 0 Å². The van der Waals surface area contributed by atoms with Crippen LogP contribution in [0, 0.1) is 5.92 Å². The first-order valence-electron chi connectivity index (χ1n) is 12.6. The maximum Gasteiger partial charge on any atom is 0.193 e. The van der Waals surface area contributed by atoms with E-state index in [0.29, 0.717) is 30.0 Å². The maximum absolute atomic E-state index is 13.3. The largest absolute Gasteiger partial charge is 0.299 e. The summed E-state index contributed by atoms with van der Waals surface area (Å²) in [6, 6.07) is 29.3. The van der Waals surface area contributed by atoms with Crippen molar-refractivity contribution in [2.75, 3.05) is 0 Å². The number of benzene rings is 3. The number of hydrogen-bond acceptors (Lipinski definition) is 4. The zero-order valence-corrected chi connectivity index (χ0v) is 20.4. The smallest absolute Gasteiger partial charge is 0.193 e. The van der Waals surface area contributed by atoms with Gasteiger partial charge in [0, 0.05) is 35.2 Å². The Kier molecular flexibility index (Phi) is 6.15. The summed E-state index contributed by atoms with van der Waals surface area (Å²) in [6.07, 6.45) is 6.96. The van der Waals surface area contributed by atoms with Crippen molar-refractivity contribution >= 4 is 23.4 Å². The van der Waals surface area contributed by atoms with Crippen LogP contribution in [0.25, 0.3) is 6.08 Å². The van der Waals surface area contributed by atoms with Crippen molar-refractivity contribution in [3.8, 4) is 0 Å². The average Bonchev–Trinajstić information content (AvgIpc) is 3.66. The molecule has 3 aromatic carbocycles. The molecule has 4 nitrogen and oxygen atoms in total. The van der Waals surface area contributed by atoms with Crippen LogP contribution in [0.1, 0.15) is 56.2 Å². The quantitative estimate of drug-likeness (QED) is 0.279. The van der Waals surface area contributed by atoms with Gasteiger partial charge in [-0.1, -0.05) is 66.7 Å². The Hall–Kier alpha value is -4.44. The predicted octanol–water partition coefficient (Wildman–Crippen LogP) is 6.24. The van der Waals surface area contributed by atoms with Crippen LogP contribution >= 0.6 is 0 Å². The summed E-state index contributed by atoms with van der Waals surface area (Å²) >= 11 is 0. The molecular formula is C33H26N2O2. The molecule has 1 aliphatic carbocycles. The number of carbonyl (C=O) groups is 2. The molecule has 0 saturated heterocycles. The summed E-state index contributed by atoms with van der Waals surface area (Å²) < 4.78 is 0. The van der Waals surface area contributed by atoms with Gasteiger partial charge in [-0.05, 0) is 65.4 Å². The third kappa shape index (κ3) is 4.96. The van der Waals surface area contributed by atoms with Crippen LogP contribution in [-0.4, -0.2) is 22.3 Å². The zero-order valence-electron chi connectivity index (χ0n) is 20.4. The molecule has 4 aromatic rings. The van der Waals surface area contributed by atoms with Crippen LogP contribution in [0.3, 0.4) is 0 Å². The van der Waals surface area contributed by atoms with Gasteiger partial charge in [0.2, 0.25) is 0 Å². The molecular weight excluding hydrogens is 456 g/mol. The fraction of sp³-hybridized carbons (Fsp3) is 0.152. The van der Waals surface area contributed by atoms with Gasteiger partial charge >= 0.3 is 0 Å². The lowest BCUT2D eigenvalue weighted by atomic mass is 9.95. The lowest BCUT2D eigenvalue weighted by Gasteiger charge is -2.07. The minimum absolute atomic E-state index is 0.0387. The van der Waals surface area contributed by atoms with Crippen LogP contribution in [0.2, 0.25) is 0 Å². The molecule has 1 fully saturated rings. The number of aromatic nitrogens is 1. The second-order valence-electron chi connectivity index (χ2n) is 9.69. The van der Waals surface area contributed by atoms with Gasteiger partial charge in [-0.25, -0.2) is 0 Å². The predicted molar refractivity (Wildman–Crippen MR) is 146 cm³/mol. The fourth-order valence-corrected chi connectivity index (χ4v) is 5.09. The normalized spacial score (nSPS) is 17.9. The van der Waals surface area contributed by atoms with E-state index >= 15 is 0 Å². The van der Waals surface area contributed by atoms with Gasteiger partial charge in [0.25, 0.3) is 0 Å². The van der Waals surface area contributed by atoms with Crippen LogP contribution in [0.15, 0.2) is 108 Å². The number of hydrogen-bond donors (Lipinski definition) is 0. The van der Waals surface area contributed by atoms with Crippen molar-refractivity contribution in [2.24, 2.45) is 10.9 Å². The van der Waals surface area contributed by atoms with E-state index in [4.69, 9.17) is 0 Å². The number of rotatable bonds is 8. The van der Waals surface area contributed by atoms with E-state index in [1.807, 2.05) is 91.0 Å². The molecule has 2 heterocycles. The van der Waals surface area contributed by atoms with Crippen LogP contribution < -0.4 is 0 Å². The van der Waals surface area contributed by atoms with Gasteiger partial charge < -0.3 is 0 Å². The molecule has 6 rings (SSSR count). The van der Waals surface area contributed by atoms with Crippen molar-refractivity contribution in [3.63, 3.8) is 0 Å². The van der Waals surface area contributed by atoms with E-state index in [1.165, 1.54) is 5.56 Å². The highest BCUT2D eigenvalue weighted by Crippen LogP contribution is 2.48. The summed E-state index contributed by atoms with van der Waals surface area (Å²) in [6.45, 7) is 0.552. The fourth-order valence-electron chi connectivity index (χ4n) is 5.09. The van der Waals surface area contributed by atoms with E-state index in [2.05, 4.69) is 22.1 Å². The Balaban J connectivity index is 1.13. The molecule has 0 radical (unpaired) electrons. The summed E-state index contributed by atoms with van der Waals surface area (Å²) in [5, 5.41) is 0. The molecule has 37 heavy (non-hydrogen) atoms. The highest BCUT2D eigenvalue weighted by molar-refractivity contribution is 6.14. The topological polar surface area (TPSA) is 59.4 Å². The third-order valence-corrected chi connectivity index (χ3v) is 7.16. The molecule has 1 aromatic heterocycles. The van der Waals surface area contributed by atoms with E-state index in [-0.39, 0.29) is 17.5 Å². The maximum atomic E-state index is 13.3. The molecule has 0 N–H and O–H groups in total. The number of pyridine rings is 1. The van der Waals surface area contributed by atoms with Gasteiger partial charge in [0.05, 0.1) is 18.0 Å². The molecule has 2 aliphatic rings. The SMILES string of the molecule is O=C(c1cccc(CC(=O)C2C[C@H]2c2ccccc2)c1)c1ccc2c(c1)CN=C2/C=C/c1ccccn1. The second kappa shape index (κ2) is 9.90. The molecule has 4 heteroatoms. The average molecular weight is 483 g/mol. The number of allylic oxidation sites excluding steroid dienone is 1. The van der Waals surface area contributed by atoms with Crippen molar-refractivity contribution in [2.45, 2.75) is 25.3 Å². The minimum atomic E-state index is -0.0387. The van der Waals surface area contributed by atoms with Crippen molar-refractivity contribution in [1.29, 1.82) is 0 Å². The first-order chi connectivity index (χ1) is 18.2. The van der Waals surface area contributed by atoms with E-state index in [1.54, 1.807) is 6.20 Å². The Morgan fingerprint density at radius 2 is 1.68 bits per heavy atom. The lowest BCUT2D eigenvalue weighted by Crippen LogP contribution is -2.08. The first kappa shape index (κ1) is 23.0. The Labute approximate surface area is 216 Å². The molecule has 180 valence electrons. The van der Waals surface area contributed by atoms with Gasteiger partial charge in [0.1, 0.15) is 5.78 Å². The number of Topliss-reactive ketones (excluding diaryl/α,β-unsaturated/α-hetero) is 1. The lowest BCUT2D eigenvalue weighted by molar-refractivity contribution is -0.119. The number of aliphatic imine (C=N–C) groups is 1. The van der Waals surface area contributed by atoms with Crippen molar-refractivity contribution in [1.82, 2.24) is 4.98 Å². The molecule has 1 aliphatic heterocycles. The zero-order chi connectivity index (χ0) is 25.2. The third-order valence-electron chi connectivity index (χ3n) is 7.16. The number of nitrogens with zero attached hydrogens (tertiary/aromatic N) is 2. The van der Waals surface area contributed by atoms with Gasteiger partial charge in [-0.2, -0.15) is 0 Å². The number of fused-ring (bicyclic) bond motifs is 1. The Morgan fingerprint density at radius 1 is 0.838 bits per heavy atom. The molecule has 0 bridgehead atoms. The highest BCUT2D eigenvalue weighted by Gasteiger charge is 2.43. The molecule has 1 saturated carbocycles. The van der Waals surface area contributed by atoms with Crippen LogP contribution in [-0.2, 0) is 17.8 Å². The monoisotopic (exact) mass is 482 g/mol. The summed E-state index contributed by atoms with van der Waals surface area (Å²) in [5.74, 6) is 0.623. The molecule has 1 unspecified atom stereocenters.